The zero-order chi connectivity index (χ0) is 39.5. The maximum absolute atomic E-state index is 13.5. The highest BCUT2D eigenvalue weighted by atomic mass is 35.5. The zero-order valence-corrected chi connectivity index (χ0v) is 31.8. The summed E-state index contributed by atoms with van der Waals surface area (Å²) in [5.74, 6) is -1.88. The van der Waals surface area contributed by atoms with Gasteiger partial charge in [-0.05, 0) is 56.3 Å². The van der Waals surface area contributed by atoms with Gasteiger partial charge in [-0.25, -0.2) is 9.59 Å². The average Bonchev–Trinajstić information content (AvgIpc) is 3.43. The molecule has 2 aliphatic heterocycles. The lowest BCUT2D eigenvalue weighted by molar-refractivity contribution is -0.132. The third kappa shape index (κ3) is 10.00. The molecule has 3 aromatic carbocycles. The number of alkyl halides is 1. The number of carbonyl (C=O) groups is 5. The molecular weight excluding hydrogens is 736 g/mol. The molecule has 0 aliphatic carbocycles. The number of esters is 3. The van der Waals surface area contributed by atoms with Gasteiger partial charge in [-0.15, -0.1) is 11.6 Å². The van der Waals surface area contributed by atoms with Crippen molar-refractivity contribution >= 4 is 41.4 Å². The number of amides is 1. The lowest BCUT2D eigenvalue weighted by atomic mass is 9.76. The first kappa shape index (κ1) is 41.1. The van der Waals surface area contributed by atoms with E-state index in [1.54, 1.807) is 25.2 Å². The van der Waals surface area contributed by atoms with Gasteiger partial charge in [-0.3, -0.25) is 14.4 Å². The van der Waals surface area contributed by atoms with Gasteiger partial charge in [-0.2, -0.15) is 0 Å². The molecule has 0 aromatic heterocycles. The molecule has 0 radical (unpaired) electrons. The highest BCUT2D eigenvalue weighted by Gasteiger charge is 2.54. The molecule has 1 unspecified atom stereocenters. The van der Waals surface area contributed by atoms with E-state index in [0.29, 0.717) is 67.7 Å². The van der Waals surface area contributed by atoms with E-state index in [9.17, 15) is 29.1 Å². The van der Waals surface area contributed by atoms with Crippen molar-refractivity contribution in [1.82, 2.24) is 10.2 Å². The maximum Gasteiger partial charge on any atom is 0.340 e. The van der Waals surface area contributed by atoms with Crippen LogP contribution in [-0.2, 0) is 40.7 Å². The molecule has 1 amide bonds. The number of ether oxygens (including phenoxy) is 6. The summed E-state index contributed by atoms with van der Waals surface area (Å²) in [6.45, 7) is 5.22. The second-order valence-corrected chi connectivity index (χ2v) is 13.5. The van der Waals surface area contributed by atoms with E-state index in [4.69, 9.17) is 40.0 Å². The van der Waals surface area contributed by atoms with Gasteiger partial charge in [0.2, 0.25) is 5.91 Å². The van der Waals surface area contributed by atoms with Crippen molar-refractivity contribution in [2.45, 2.75) is 58.1 Å². The minimum Gasteiger partial charge on any atom is -0.478 e. The molecule has 2 heterocycles. The number of carboxylic acids is 1. The van der Waals surface area contributed by atoms with Crippen LogP contribution >= 0.6 is 11.6 Å². The summed E-state index contributed by atoms with van der Waals surface area (Å²) in [6, 6.07) is 12.0. The fraction of sp³-hybridized carbons (Fsp3) is 0.425. The van der Waals surface area contributed by atoms with Crippen LogP contribution in [0.3, 0.4) is 0 Å². The first-order chi connectivity index (χ1) is 26.4. The minimum atomic E-state index is -1.61. The fourth-order valence-corrected chi connectivity index (χ4v) is 6.72. The van der Waals surface area contributed by atoms with Crippen molar-refractivity contribution in [2.24, 2.45) is 0 Å². The molecule has 0 saturated carbocycles. The second-order valence-electron chi connectivity index (χ2n) is 13.2. The van der Waals surface area contributed by atoms with E-state index >= 15 is 0 Å². The topological polar surface area (TPSA) is 176 Å². The van der Waals surface area contributed by atoms with E-state index in [1.165, 1.54) is 44.2 Å². The van der Waals surface area contributed by atoms with Gasteiger partial charge in [0.25, 0.3) is 0 Å². The molecular formula is C40H45ClN2O12. The van der Waals surface area contributed by atoms with Crippen molar-refractivity contribution in [3.05, 3.63) is 81.9 Å². The first-order valence-corrected chi connectivity index (χ1v) is 18.6. The molecule has 2 N–H and O–H groups in total. The highest BCUT2D eigenvalue weighted by Crippen LogP contribution is 2.58. The lowest BCUT2D eigenvalue weighted by Gasteiger charge is -2.38. The number of rotatable bonds is 20. The van der Waals surface area contributed by atoms with Gasteiger partial charge in [-0.1, -0.05) is 18.9 Å². The monoisotopic (exact) mass is 780 g/mol. The third-order valence-electron chi connectivity index (χ3n) is 9.03. The number of nitrogens with zero attached hydrogens (tertiary/aromatic N) is 1. The Hall–Kier alpha value is -5.02. The third-order valence-corrected chi connectivity index (χ3v) is 9.30. The Morgan fingerprint density at radius 2 is 1.56 bits per heavy atom. The van der Waals surface area contributed by atoms with Crippen molar-refractivity contribution in [2.75, 3.05) is 52.4 Å². The van der Waals surface area contributed by atoms with E-state index in [2.05, 4.69) is 5.32 Å². The number of benzene rings is 3. The largest absolute Gasteiger partial charge is 0.478 e. The molecule has 0 fully saturated rings. The Balaban J connectivity index is 1.33. The van der Waals surface area contributed by atoms with Crippen molar-refractivity contribution < 1.29 is 57.5 Å². The number of aromatic carboxylic acids is 1. The van der Waals surface area contributed by atoms with Gasteiger partial charge < -0.3 is 43.7 Å². The summed E-state index contributed by atoms with van der Waals surface area (Å²) < 4.78 is 34.8. The Kier molecular flexibility index (Phi) is 14.2. The average molecular weight is 781 g/mol. The van der Waals surface area contributed by atoms with Crippen LogP contribution < -0.4 is 19.5 Å². The summed E-state index contributed by atoms with van der Waals surface area (Å²) in [4.78, 5) is 64.0. The zero-order valence-electron chi connectivity index (χ0n) is 31.1. The van der Waals surface area contributed by atoms with Crippen LogP contribution in [0.5, 0.6) is 23.0 Å². The first-order valence-electron chi connectivity index (χ1n) is 18.1. The van der Waals surface area contributed by atoms with E-state index in [0.717, 1.165) is 25.7 Å². The molecule has 1 atom stereocenters. The summed E-state index contributed by atoms with van der Waals surface area (Å²) >= 11 is 5.69. The number of carbonyl (C=O) groups excluding carboxylic acids is 4. The number of hydrogen-bond acceptors (Lipinski definition) is 12. The van der Waals surface area contributed by atoms with Gasteiger partial charge in [0, 0.05) is 75.1 Å². The maximum atomic E-state index is 13.5. The van der Waals surface area contributed by atoms with Crippen LogP contribution in [0.4, 0.5) is 0 Å². The number of halogens is 1. The van der Waals surface area contributed by atoms with Crippen LogP contribution in [0, 0.1) is 0 Å². The van der Waals surface area contributed by atoms with Crippen LogP contribution in [0.15, 0.2) is 48.5 Å². The number of hydrogen-bond donors (Lipinski definition) is 2. The predicted molar refractivity (Wildman–Crippen MR) is 199 cm³/mol. The number of carboxylic acid groups (broad SMARTS) is 1. The van der Waals surface area contributed by atoms with E-state index in [-0.39, 0.29) is 53.0 Å². The van der Waals surface area contributed by atoms with Crippen LogP contribution in [0.25, 0.3) is 0 Å². The quantitative estimate of drug-likeness (QED) is 0.0630. The molecule has 55 heavy (non-hydrogen) atoms. The highest BCUT2D eigenvalue weighted by molar-refractivity contribution is 6.17. The number of nitrogens with one attached hydrogen (secondary N) is 1. The Bertz CT molecular complexity index is 1920. The molecule has 15 heteroatoms. The van der Waals surface area contributed by atoms with Gasteiger partial charge in [0.1, 0.15) is 23.0 Å². The summed E-state index contributed by atoms with van der Waals surface area (Å²) in [5, 5.41) is 12.5. The number of fused-ring (bicyclic) bond motifs is 6. The standard InChI is InChI=1S/C40H45ClN2O12/c1-25(44)52-28-9-11-32-35(23-28)54-37-30(24-43(3)17-14-36(46)42-16-19-51-21-20-50-18-7-5-4-6-15-41)34(53-26(2)45)13-12-33(37)40(32)31-10-8-27(38(47)48)22-29(31)39(49)55-40/h8-13,22-23H,4-7,14-21,24H2,1-3H3,(H,42,46)(H,47,48). The molecule has 1 spiro atoms. The molecule has 5 rings (SSSR count). The predicted octanol–water partition coefficient (Wildman–Crippen LogP) is 5.57. The Labute approximate surface area is 323 Å². The van der Waals surface area contributed by atoms with Gasteiger partial charge >= 0.3 is 23.9 Å². The van der Waals surface area contributed by atoms with Gasteiger partial charge in [0.15, 0.2) is 5.60 Å². The van der Waals surface area contributed by atoms with Crippen LogP contribution in [0.2, 0.25) is 0 Å². The van der Waals surface area contributed by atoms with E-state index in [1.807, 2.05) is 4.90 Å². The molecule has 14 nitrogen and oxygen atoms in total. The molecule has 3 aromatic rings. The smallest absolute Gasteiger partial charge is 0.340 e. The summed E-state index contributed by atoms with van der Waals surface area (Å²) in [5.41, 5.74) is -0.0832. The molecule has 0 saturated heterocycles. The fourth-order valence-electron chi connectivity index (χ4n) is 6.54. The minimum absolute atomic E-state index is 0.0553. The van der Waals surface area contributed by atoms with Crippen LogP contribution in [-0.4, -0.2) is 92.2 Å². The summed E-state index contributed by atoms with van der Waals surface area (Å²) in [7, 11) is 1.79. The van der Waals surface area contributed by atoms with Crippen molar-refractivity contribution in [3.8, 4) is 23.0 Å². The van der Waals surface area contributed by atoms with Crippen molar-refractivity contribution in [1.29, 1.82) is 0 Å². The normalized spacial score (nSPS) is 15.1. The molecule has 2 aliphatic rings. The Morgan fingerprint density at radius 3 is 2.29 bits per heavy atom. The van der Waals surface area contributed by atoms with E-state index < -0.39 is 29.5 Å². The molecule has 0 bridgehead atoms. The Morgan fingerprint density at radius 1 is 0.855 bits per heavy atom. The van der Waals surface area contributed by atoms with Gasteiger partial charge in [0.05, 0.1) is 36.5 Å². The SMILES string of the molecule is CC(=O)Oc1ccc2c(c1)Oc1c(ccc(OC(C)=O)c1CN(C)CCC(=O)NCCOCCOCCCCCCCl)C21OC(=O)c2cc(C(=O)O)ccc21. The van der Waals surface area contributed by atoms with Crippen molar-refractivity contribution in [3.63, 3.8) is 0 Å². The second kappa shape index (κ2) is 19.0. The number of unbranched alkanes of at least 4 members (excludes halogenated alkanes) is 3. The lowest BCUT2D eigenvalue weighted by Crippen LogP contribution is -2.34. The summed E-state index contributed by atoms with van der Waals surface area (Å²) in [6.07, 6.45) is 4.34. The van der Waals surface area contributed by atoms with Crippen LogP contribution in [0.1, 0.15) is 88.9 Å². The molecule has 294 valence electrons.